The average Bonchev–Trinajstić information content (AvgIpc) is 3.08. The predicted octanol–water partition coefficient (Wildman–Crippen LogP) is 3.30. The van der Waals surface area contributed by atoms with Gasteiger partial charge in [-0.1, -0.05) is 0 Å². The Morgan fingerprint density at radius 2 is 1.68 bits per heavy atom. The molecule has 31 heavy (non-hydrogen) atoms. The summed E-state index contributed by atoms with van der Waals surface area (Å²) in [5.41, 5.74) is 2.43. The first-order valence-electron chi connectivity index (χ1n) is 10.1. The van der Waals surface area contributed by atoms with Crippen molar-refractivity contribution in [3.05, 3.63) is 42.0 Å². The van der Waals surface area contributed by atoms with Crippen LogP contribution in [0.1, 0.15) is 32.3 Å². The fraction of sp³-hybridized carbons (Fsp3) is 0.364. The number of hydrogen-bond acceptors (Lipinski definition) is 6. The Hall–Kier alpha value is -3.07. The number of amides is 2. The number of aryl methyl sites for hydroxylation is 1. The molecule has 1 N–H and O–H groups in total. The Morgan fingerprint density at radius 1 is 1.03 bits per heavy atom. The van der Waals surface area contributed by atoms with Gasteiger partial charge in [0.25, 0.3) is 10.0 Å². The van der Waals surface area contributed by atoms with E-state index < -0.39 is 10.0 Å². The SMILES string of the molecule is CCN(CC)c1ccc(NS(=O)(=O)c2cc(N3C(=O)CCC3=O)ccc2OC)c(C)c1. The van der Waals surface area contributed by atoms with E-state index in [1.54, 1.807) is 6.07 Å². The van der Waals surface area contributed by atoms with E-state index >= 15 is 0 Å². The van der Waals surface area contributed by atoms with Crippen LogP contribution in [0.3, 0.4) is 0 Å². The molecule has 0 atom stereocenters. The highest BCUT2D eigenvalue weighted by molar-refractivity contribution is 7.92. The van der Waals surface area contributed by atoms with Crippen LogP contribution in [0.15, 0.2) is 41.3 Å². The first-order valence-corrected chi connectivity index (χ1v) is 11.6. The van der Waals surface area contributed by atoms with Crippen molar-refractivity contribution < 1.29 is 22.7 Å². The number of methoxy groups -OCH3 is 1. The lowest BCUT2D eigenvalue weighted by molar-refractivity contribution is -0.121. The number of carbonyl (C=O) groups is 2. The number of anilines is 3. The summed E-state index contributed by atoms with van der Waals surface area (Å²) in [6, 6.07) is 9.77. The molecule has 0 radical (unpaired) electrons. The van der Waals surface area contributed by atoms with Crippen molar-refractivity contribution in [2.75, 3.05) is 34.7 Å². The maximum atomic E-state index is 13.2. The summed E-state index contributed by atoms with van der Waals surface area (Å²) in [5, 5.41) is 0. The van der Waals surface area contributed by atoms with Crippen LogP contribution in [0.4, 0.5) is 17.1 Å². The molecule has 8 nitrogen and oxygen atoms in total. The number of carbonyl (C=O) groups excluding carboxylic acids is 2. The molecule has 0 aliphatic carbocycles. The van der Waals surface area contributed by atoms with E-state index in [1.165, 1.54) is 25.3 Å². The highest BCUT2D eigenvalue weighted by Gasteiger charge is 2.32. The van der Waals surface area contributed by atoms with Crippen molar-refractivity contribution in [3.63, 3.8) is 0 Å². The number of rotatable bonds is 8. The molecule has 1 aliphatic heterocycles. The molecule has 3 rings (SSSR count). The summed E-state index contributed by atoms with van der Waals surface area (Å²) in [6.07, 6.45) is 0.229. The zero-order valence-corrected chi connectivity index (χ0v) is 19.0. The van der Waals surface area contributed by atoms with E-state index in [0.29, 0.717) is 5.69 Å². The van der Waals surface area contributed by atoms with Crippen molar-refractivity contribution >= 4 is 38.9 Å². The van der Waals surface area contributed by atoms with Crippen LogP contribution in [0.5, 0.6) is 5.75 Å². The van der Waals surface area contributed by atoms with Crippen LogP contribution >= 0.6 is 0 Å². The number of imide groups is 1. The van der Waals surface area contributed by atoms with Gasteiger partial charge < -0.3 is 9.64 Å². The van der Waals surface area contributed by atoms with Crippen LogP contribution < -0.4 is 19.3 Å². The minimum atomic E-state index is -4.05. The monoisotopic (exact) mass is 445 g/mol. The smallest absolute Gasteiger partial charge is 0.265 e. The van der Waals surface area contributed by atoms with Gasteiger partial charge in [-0.05, 0) is 62.7 Å². The van der Waals surface area contributed by atoms with E-state index in [2.05, 4.69) is 23.5 Å². The van der Waals surface area contributed by atoms with Gasteiger partial charge in [-0.2, -0.15) is 0 Å². The number of sulfonamides is 1. The van der Waals surface area contributed by atoms with Gasteiger partial charge in [0.05, 0.1) is 18.5 Å². The molecule has 1 aliphatic rings. The van der Waals surface area contributed by atoms with Crippen LogP contribution in [0.25, 0.3) is 0 Å². The van der Waals surface area contributed by atoms with Gasteiger partial charge in [-0.3, -0.25) is 19.2 Å². The van der Waals surface area contributed by atoms with Crippen molar-refractivity contribution in [2.45, 2.75) is 38.5 Å². The minimum absolute atomic E-state index is 0.114. The van der Waals surface area contributed by atoms with Gasteiger partial charge in [0.2, 0.25) is 11.8 Å². The summed E-state index contributed by atoms with van der Waals surface area (Å²) in [6.45, 7) is 7.65. The highest BCUT2D eigenvalue weighted by atomic mass is 32.2. The van der Waals surface area contributed by atoms with Gasteiger partial charge in [-0.25, -0.2) is 8.42 Å². The van der Waals surface area contributed by atoms with Crippen molar-refractivity contribution in [3.8, 4) is 5.75 Å². The number of nitrogens with zero attached hydrogens (tertiary/aromatic N) is 2. The summed E-state index contributed by atoms with van der Waals surface area (Å²) in [5.74, 6) is -0.587. The molecule has 1 saturated heterocycles. The zero-order chi connectivity index (χ0) is 22.8. The third kappa shape index (κ3) is 4.51. The second-order valence-corrected chi connectivity index (χ2v) is 8.89. The van der Waals surface area contributed by atoms with Crippen LogP contribution in [0.2, 0.25) is 0 Å². The molecule has 1 fully saturated rings. The first kappa shape index (κ1) is 22.6. The lowest BCUT2D eigenvalue weighted by Crippen LogP contribution is -2.29. The van der Waals surface area contributed by atoms with Gasteiger partial charge in [0.1, 0.15) is 10.6 Å². The average molecular weight is 446 g/mol. The Labute approximate surface area is 182 Å². The fourth-order valence-electron chi connectivity index (χ4n) is 3.63. The molecular formula is C22H27N3O5S. The molecule has 0 unspecified atom stereocenters. The third-order valence-corrected chi connectivity index (χ3v) is 6.72. The van der Waals surface area contributed by atoms with E-state index in [0.717, 1.165) is 29.2 Å². The second kappa shape index (κ2) is 8.97. The molecule has 166 valence electrons. The molecule has 2 aromatic rings. The summed E-state index contributed by atoms with van der Waals surface area (Å²) < 4.78 is 34.3. The zero-order valence-electron chi connectivity index (χ0n) is 18.1. The van der Waals surface area contributed by atoms with Crippen molar-refractivity contribution in [1.82, 2.24) is 0 Å². The van der Waals surface area contributed by atoms with Crippen molar-refractivity contribution in [2.24, 2.45) is 0 Å². The number of benzene rings is 2. The quantitative estimate of drug-likeness (QED) is 0.627. The van der Waals surface area contributed by atoms with E-state index in [9.17, 15) is 18.0 Å². The summed E-state index contributed by atoms with van der Waals surface area (Å²) >= 11 is 0. The van der Waals surface area contributed by atoms with E-state index in [-0.39, 0.29) is 41.0 Å². The maximum absolute atomic E-state index is 13.2. The second-order valence-electron chi connectivity index (χ2n) is 7.24. The molecule has 1 heterocycles. The molecule has 0 aromatic heterocycles. The van der Waals surface area contributed by atoms with E-state index in [4.69, 9.17) is 4.74 Å². The van der Waals surface area contributed by atoms with Crippen LogP contribution in [0, 0.1) is 6.92 Å². The Balaban J connectivity index is 1.97. The first-order chi connectivity index (χ1) is 14.7. The summed E-state index contributed by atoms with van der Waals surface area (Å²) in [7, 11) is -2.68. The van der Waals surface area contributed by atoms with Crippen LogP contribution in [-0.4, -0.2) is 40.4 Å². The summed E-state index contributed by atoms with van der Waals surface area (Å²) in [4.78, 5) is 27.2. The number of hydrogen-bond donors (Lipinski definition) is 1. The van der Waals surface area contributed by atoms with Gasteiger partial charge >= 0.3 is 0 Å². The molecule has 2 amide bonds. The topological polar surface area (TPSA) is 96.0 Å². The lowest BCUT2D eigenvalue weighted by Gasteiger charge is -2.22. The Kier molecular flexibility index (Phi) is 6.54. The maximum Gasteiger partial charge on any atom is 0.265 e. The van der Waals surface area contributed by atoms with Crippen molar-refractivity contribution in [1.29, 1.82) is 0 Å². The standard InChI is InChI=1S/C22H27N3O5S/c1-5-24(6-2)16-7-9-18(15(3)13-16)23-31(28,29)20-14-17(8-10-19(20)30-4)25-21(26)11-12-22(25)27/h7-10,13-14,23H,5-6,11-12H2,1-4H3. The molecular weight excluding hydrogens is 418 g/mol. The molecule has 9 heteroatoms. The van der Waals surface area contributed by atoms with Gasteiger partial charge in [0, 0.05) is 31.6 Å². The van der Waals surface area contributed by atoms with Gasteiger partial charge in [-0.15, -0.1) is 0 Å². The fourth-order valence-corrected chi connectivity index (χ4v) is 4.95. The lowest BCUT2D eigenvalue weighted by atomic mass is 10.1. The Bertz CT molecular complexity index is 1090. The largest absolute Gasteiger partial charge is 0.495 e. The highest BCUT2D eigenvalue weighted by Crippen LogP contribution is 2.33. The van der Waals surface area contributed by atoms with Gasteiger partial charge in [0.15, 0.2) is 0 Å². The number of ether oxygens (including phenoxy) is 1. The van der Waals surface area contributed by atoms with Crippen LogP contribution in [-0.2, 0) is 19.6 Å². The molecule has 2 aromatic carbocycles. The predicted molar refractivity (Wildman–Crippen MR) is 120 cm³/mol. The Morgan fingerprint density at radius 3 is 2.23 bits per heavy atom. The molecule has 0 bridgehead atoms. The molecule has 0 spiro atoms. The third-order valence-electron chi connectivity index (χ3n) is 5.33. The number of nitrogens with one attached hydrogen (secondary N) is 1. The molecule has 0 saturated carbocycles. The minimum Gasteiger partial charge on any atom is -0.495 e. The normalized spacial score (nSPS) is 14.1. The van der Waals surface area contributed by atoms with E-state index in [1.807, 2.05) is 19.1 Å².